The molecule has 0 aromatic heterocycles. The first-order valence-electron chi connectivity index (χ1n) is 2.89. The van der Waals surface area contributed by atoms with Gasteiger partial charge >= 0.3 is 0 Å². The quantitative estimate of drug-likeness (QED) is 0.451. The number of rotatable bonds is 0. The molecule has 40 valence electrons. The van der Waals surface area contributed by atoms with Gasteiger partial charge in [-0.05, 0) is 0 Å². The first kappa shape index (κ1) is 4.98. The molecule has 0 radical (unpaired) electrons. The van der Waals surface area contributed by atoms with Gasteiger partial charge in [0.1, 0.15) is 0 Å². The van der Waals surface area contributed by atoms with Crippen molar-refractivity contribution in [3.05, 3.63) is 6.42 Å². The van der Waals surface area contributed by atoms with Gasteiger partial charge in [0.15, 0.2) is 0 Å². The van der Waals surface area contributed by atoms with Gasteiger partial charge in [0.2, 0.25) is 0 Å². The maximum absolute atomic E-state index is 8.89. The highest BCUT2D eigenvalue weighted by Crippen LogP contribution is 2.15. The normalized spacial score (nSPS) is 24.1. The minimum absolute atomic E-state index is 0.00463. The van der Waals surface area contributed by atoms with Crippen molar-refractivity contribution >= 4 is 0 Å². The Labute approximate surface area is 44.4 Å². The second-order valence-electron chi connectivity index (χ2n) is 2.10. The summed E-state index contributed by atoms with van der Waals surface area (Å²) in [7, 11) is 0. The fraction of sp³-hybridized carbons (Fsp3) is 0.833. The van der Waals surface area contributed by atoms with Gasteiger partial charge in [0.05, 0.1) is 25.4 Å². The Morgan fingerprint density at radius 1 is 1.29 bits per heavy atom. The van der Waals surface area contributed by atoms with Crippen LogP contribution in [0.1, 0.15) is 25.7 Å². The Kier molecular flexibility index (Phi) is 1.58. The molecule has 1 nitrogen and oxygen atoms in total. The van der Waals surface area contributed by atoms with Crippen LogP contribution in [0.5, 0.6) is 0 Å². The summed E-state index contributed by atoms with van der Waals surface area (Å²) in [6.07, 6.45) is 6.44. The Hall–Kier alpha value is -0.170. The van der Waals surface area contributed by atoms with Crippen molar-refractivity contribution in [2.24, 2.45) is 0 Å². The molecule has 0 saturated heterocycles. The first-order valence-corrected chi connectivity index (χ1v) is 2.89. The molecule has 0 bridgehead atoms. The molecule has 1 aliphatic carbocycles. The summed E-state index contributed by atoms with van der Waals surface area (Å²) in [5.41, 5.74) is 0. The standard InChI is InChI=1S/C6H11O/c7-6-4-2-1-3-5-6/h1,6-7H,2-5H2/q+1. The van der Waals surface area contributed by atoms with Gasteiger partial charge in [0.25, 0.3) is 0 Å². The van der Waals surface area contributed by atoms with Gasteiger partial charge in [-0.2, -0.15) is 0 Å². The van der Waals surface area contributed by atoms with Crippen molar-refractivity contribution in [3.8, 4) is 0 Å². The van der Waals surface area contributed by atoms with Gasteiger partial charge in [0, 0.05) is 12.8 Å². The molecular formula is C6H11O+. The van der Waals surface area contributed by atoms with E-state index < -0.39 is 0 Å². The van der Waals surface area contributed by atoms with Crippen molar-refractivity contribution in [1.82, 2.24) is 0 Å². The summed E-state index contributed by atoms with van der Waals surface area (Å²) in [6.45, 7) is 0. The molecule has 0 spiro atoms. The smallest absolute Gasteiger partial charge is 0.0900 e. The topological polar surface area (TPSA) is 20.2 Å². The van der Waals surface area contributed by atoms with Crippen LogP contribution in [0.25, 0.3) is 0 Å². The maximum atomic E-state index is 8.89. The lowest BCUT2D eigenvalue weighted by atomic mass is 9.98. The SMILES string of the molecule is OC1CC[CH+]CC1. The summed E-state index contributed by atoms with van der Waals surface area (Å²) >= 11 is 0. The van der Waals surface area contributed by atoms with Gasteiger partial charge in [-0.1, -0.05) is 0 Å². The predicted molar refractivity (Wildman–Crippen MR) is 28.8 cm³/mol. The summed E-state index contributed by atoms with van der Waals surface area (Å²) in [4.78, 5) is 0. The van der Waals surface area contributed by atoms with Crippen LogP contribution in [0.2, 0.25) is 0 Å². The molecule has 1 saturated carbocycles. The van der Waals surface area contributed by atoms with Gasteiger partial charge in [-0.25, -0.2) is 0 Å². The molecule has 0 amide bonds. The van der Waals surface area contributed by atoms with E-state index in [0.29, 0.717) is 0 Å². The zero-order valence-electron chi connectivity index (χ0n) is 4.43. The highest BCUT2D eigenvalue weighted by atomic mass is 16.3. The van der Waals surface area contributed by atoms with E-state index in [4.69, 9.17) is 5.11 Å². The average Bonchev–Trinajstić information content (AvgIpc) is 1.69. The van der Waals surface area contributed by atoms with Crippen molar-refractivity contribution in [2.45, 2.75) is 31.8 Å². The largest absolute Gasteiger partial charge is 0.393 e. The molecule has 1 aliphatic rings. The zero-order valence-corrected chi connectivity index (χ0v) is 4.43. The van der Waals surface area contributed by atoms with Gasteiger partial charge < -0.3 is 5.11 Å². The Morgan fingerprint density at radius 3 is 2.14 bits per heavy atom. The van der Waals surface area contributed by atoms with E-state index in [9.17, 15) is 0 Å². The Balaban J connectivity index is 2.12. The molecule has 0 aliphatic heterocycles. The van der Waals surface area contributed by atoms with Gasteiger partial charge in [-0.15, -0.1) is 0 Å². The lowest BCUT2D eigenvalue weighted by molar-refractivity contribution is 0.142. The van der Waals surface area contributed by atoms with Crippen LogP contribution < -0.4 is 0 Å². The molecule has 0 aromatic rings. The fourth-order valence-electron chi connectivity index (χ4n) is 0.909. The van der Waals surface area contributed by atoms with Crippen LogP contribution in [0, 0.1) is 6.42 Å². The highest BCUT2D eigenvalue weighted by Gasteiger charge is 2.14. The van der Waals surface area contributed by atoms with Crippen LogP contribution >= 0.6 is 0 Å². The Morgan fingerprint density at radius 2 is 1.86 bits per heavy atom. The molecule has 1 rings (SSSR count). The van der Waals surface area contributed by atoms with Gasteiger partial charge in [-0.3, -0.25) is 0 Å². The first-order chi connectivity index (χ1) is 3.39. The van der Waals surface area contributed by atoms with Crippen LogP contribution in [0.4, 0.5) is 0 Å². The average molecular weight is 99.2 g/mol. The van der Waals surface area contributed by atoms with Crippen molar-refractivity contribution in [2.75, 3.05) is 0 Å². The summed E-state index contributed by atoms with van der Waals surface area (Å²) < 4.78 is 0. The third kappa shape index (κ3) is 1.39. The second kappa shape index (κ2) is 2.22. The molecule has 1 heteroatoms. The van der Waals surface area contributed by atoms with E-state index in [-0.39, 0.29) is 6.10 Å². The molecular weight excluding hydrogens is 88.1 g/mol. The summed E-state index contributed by atoms with van der Waals surface area (Å²) in [5, 5.41) is 8.89. The highest BCUT2D eigenvalue weighted by molar-refractivity contribution is 4.75. The Bertz CT molecular complexity index is 46.1. The van der Waals surface area contributed by atoms with Crippen molar-refractivity contribution in [3.63, 3.8) is 0 Å². The molecule has 0 atom stereocenters. The van der Waals surface area contributed by atoms with E-state index >= 15 is 0 Å². The maximum Gasteiger partial charge on any atom is 0.0900 e. The zero-order chi connectivity index (χ0) is 5.11. The van der Waals surface area contributed by atoms with Crippen LogP contribution in [0.3, 0.4) is 0 Å². The van der Waals surface area contributed by atoms with E-state index in [1.807, 2.05) is 0 Å². The van der Waals surface area contributed by atoms with Crippen LogP contribution in [-0.2, 0) is 0 Å². The molecule has 1 N–H and O–H groups in total. The molecule has 7 heavy (non-hydrogen) atoms. The molecule has 0 heterocycles. The van der Waals surface area contributed by atoms with Crippen LogP contribution in [-0.4, -0.2) is 11.2 Å². The minimum Gasteiger partial charge on any atom is -0.393 e. The third-order valence-electron chi connectivity index (χ3n) is 1.41. The van der Waals surface area contributed by atoms with E-state index in [1.54, 1.807) is 0 Å². The van der Waals surface area contributed by atoms with E-state index in [2.05, 4.69) is 6.42 Å². The number of aliphatic hydroxyl groups is 1. The second-order valence-corrected chi connectivity index (χ2v) is 2.10. The van der Waals surface area contributed by atoms with Crippen molar-refractivity contribution in [1.29, 1.82) is 0 Å². The summed E-state index contributed by atoms with van der Waals surface area (Å²) in [5.74, 6) is 0. The fourth-order valence-corrected chi connectivity index (χ4v) is 0.909. The lowest BCUT2D eigenvalue weighted by Gasteiger charge is -2.08. The molecule has 0 aromatic carbocycles. The van der Waals surface area contributed by atoms with E-state index in [0.717, 1.165) is 25.7 Å². The van der Waals surface area contributed by atoms with Crippen LogP contribution in [0.15, 0.2) is 0 Å². The van der Waals surface area contributed by atoms with E-state index in [1.165, 1.54) is 0 Å². The number of hydrogen-bond acceptors (Lipinski definition) is 1. The molecule has 0 unspecified atom stereocenters. The minimum atomic E-state index is 0.00463. The predicted octanol–water partition coefficient (Wildman–Crippen LogP) is 1.13. The molecule has 1 fully saturated rings. The monoisotopic (exact) mass is 99.1 g/mol. The summed E-state index contributed by atoms with van der Waals surface area (Å²) in [6, 6.07) is 0. The lowest BCUT2D eigenvalue weighted by Crippen LogP contribution is -2.10. The van der Waals surface area contributed by atoms with Crippen molar-refractivity contribution < 1.29 is 5.11 Å². The number of hydrogen-bond donors (Lipinski definition) is 1. The third-order valence-corrected chi connectivity index (χ3v) is 1.41. The number of aliphatic hydroxyl groups excluding tert-OH is 1.